The summed E-state index contributed by atoms with van der Waals surface area (Å²) in [5.74, 6) is -0.197. The first-order chi connectivity index (χ1) is 13.8. The second-order valence-electron chi connectivity index (χ2n) is 6.73. The van der Waals surface area contributed by atoms with Crippen molar-refractivity contribution in [1.29, 1.82) is 0 Å². The van der Waals surface area contributed by atoms with Crippen molar-refractivity contribution < 1.29 is 22.8 Å². The lowest BCUT2D eigenvalue weighted by atomic mass is 10.1. The Morgan fingerprint density at radius 1 is 1.28 bits per heavy atom. The lowest BCUT2D eigenvalue weighted by Crippen LogP contribution is -2.42. The lowest BCUT2D eigenvalue weighted by Gasteiger charge is -2.17. The average Bonchev–Trinajstić information content (AvgIpc) is 3.31. The molecule has 1 aromatic heterocycles. The average molecular weight is 426 g/mol. The number of nitrogens with one attached hydrogen (secondary N) is 2. The van der Waals surface area contributed by atoms with Gasteiger partial charge in [-0.15, -0.1) is 11.3 Å². The van der Waals surface area contributed by atoms with Crippen LogP contribution in [0.2, 0.25) is 0 Å². The number of amides is 3. The van der Waals surface area contributed by atoms with Crippen LogP contribution in [0.1, 0.15) is 24.6 Å². The molecule has 1 fully saturated rings. The van der Waals surface area contributed by atoms with E-state index in [-0.39, 0.29) is 24.4 Å². The molecule has 10 heteroatoms. The van der Waals surface area contributed by atoms with E-state index in [1.807, 2.05) is 6.92 Å². The van der Waals surface area contributed by atoms with Gasteiger partial charge in [0.1, 0.15) is 5.01 Å². The van der Waals surface area contributed by atoms with E-state index in [0.29, 0.717) is 42.3 Å². The molecule has 2 heterocycles. The molecule has 29 heavy (non-hydrogen) atoms. The van der Waals surface area contributed by atoms with Gasteiger partial charge in [-0.3, -0.25) is 4.79 Å². The molecular formula is C19H21F3N4O2S. The van der Waals surface area contributed by atoms with E-state index in [1.54, 1.807) is 10.3 Å². The first-order valence-electron chi connectivity index (χ1n) is 9.20. The fraction of sp³-hybridized carbons (Fsp3) is 0.421. The van der Waals surface area contributed by atoms with Gasteiger partial charge in [0.2, 0.25) is 5.91 Å². The molecule has 2 N–H and O–H groups in total. The predicted octanol–water partition coefficient (Wildman–Crippen LogP) is 3.29. The first kappa shape index (κ1) is 21.1. The molecule has 0 spiro atoms. The third-order valence-electron chi connectivity index (χ3n) is 4.52. The molecule has 1 aliphatic rings. The maximum Gasteiger partial charge on any atom is 0.416 e. The number of urea groups is 1. The molecule has 2 aromatic rings. The highest BCUT2D eigenvalue weighted by Crippen LogP contribution is 2.31. The van der Waals surface area contributed by atoms with Crippen molar-refractivity contribution in [2.24, 2.45) is 0 Å². The fourth-order valence-electron chi connectivity index (χ4n) is 3.09. The van der Waals surface area contributed by atoms with Crippen molar-refractivity contribution in [3.8, 4) is 10.6 Å². The minimum absolute atomic E-state index is 0.0782. The number of carbonyl (C=O) groups is 2. The van der Waals surface area contributed by atoms with E-state index >= 15 is 0 Å². The van der Waals surface area contributed by atoms with E-state index in [9.17, 15) is 22.8 Å². The number of carbonyl (C=O) groups excluding carboxylic acids is 2. The Morgan fingerprint density at radius 2 is 2.00 bits per heavy atom. The van der Waals surface area contributed by atoms with Gasteiger partial charge in [-0.2, -0.15) is 13.2 Å². The molecule has 3 rings (SSSR count). The molecule has 0 bridgehead atoms. The summed E-state index contributed by atoms with van der Waals surface area (Å²) in [6.07, 6.45) is -3.61. The van der Waals surface area contributed by atoms with Crippen LogP contribution in [0, 0.1) is 0 Å². The second kappa shape index (κ2) is 8.81. The molecule has 1 aliphatic heterocycles. The molecule has 6 nitrogen and oxygen atoms in total. The molecule has 156 valence electrons. The van der Waals surface area contributed by atoms with E-state index in [4.69, 9.17) is 0 Å². The van der Waals surface area contributed by atoms with Crippen molar-refractivity contribution in [3.63, 3.8) is 0 Å². The van der Waals surface area contributed by atoms with E-state index in [0.717, 1.165) is 12.1 Å². The summed E-state index contributed by atoms with van der Waals surface area (Å²) in [6, 6.07) is 4.55. The van der Waals surface area contributed by atoms with Crippen LogP contribution in [0.25, 0.3) is 10.6 Å². The van der Waals surface area contributed by atoms with Gasteiger partial charge in [-0.1, -0.05) is 12.1 Å². The summed E-state index contributed by atoms with van der Waals surface area (Å²) in [6.45, 7) is 3.45. The molecule has 0 aliphatic carbocycles. The summed E-state index contributed by atoms with van der Waals surface area (Å²) >= 11 is 1.28. The maximum absolute atomic E-state index is 12.7. The van der Waals surface area contributed by atoms with Gasteiger partial charge in [0.05, 0.1) is 17.7 Å². The van der Waals surface area contributed by atoms with Crippen LogP contribution < -0.4 is 10.6 Å². The van der Waals surface area contributed by atoms with Crippen LogP contribution in [-0.2, 0) is 17.4 Å². The van der Waals surface area contributed by atoms with Crippen molar-refractivity contribution in [3.05, 3.63) is 40.9 Å². The second-order valence-corrected chi connectivity index (χ2v) is 7.59. The van der Waals surface area contributed by atoms with Crippen LogP contribution in [0.15, 0.2) is 29.6 Å². The SMILES string of the molecule is CCNC(=O)N1CCC(NC(=O)Cc2csc(-c3ccc(C(F)(F)F)cc3)n2)C1. The van der Waals surface area contributed by atoms with Crippen LogP contribution in [0.4, 0.5) is 18.0 Å². The van der Waals surface area contributed by atoms with E-state index < -0.39 is 11.7 Å². The van der Waals surface area contributed by atoms with Gasteiger partial charge >= 0.3 is 12.2 Å². The van der Waals surface area contributed by atoms with Gasteiger partial charge in [0.15, 0.2) is 0 Å². The molecular weight excluding hydrogens is 405 g/mol. The minimum atomic E-state index is -4.38. The van der Waals surface area contributed by atoms with Crippen molar-refractivity contribution in [2.45, 2.75) is 32.0 Å². The molecule has 0 saturated carbocycles. The molecule has 0 radical (unpaired) electrons. The van der Waals surface area contributed by atoms with Gasteiger partial charge in [-0.25, -0.2) is 9.78 Å². The Labute approximate surface area is 170 Å². The quantitative estimate of drug-likeness (QED) is 0.771. The zero-order chi connectivity index (χ0) is 21.0. The molecule has 3 amide bonds. The molecule has 1 saturated heterocycles. The number of hydrogen-bond donors (Lipinski definition) is 2. The van der Waals surface area contributed by atoms with E-state index in [2.05, 4.69) is 15.6 Å². The number of benzene rings is 1. The summed E-state index contributed by atoms with van der Waals surface area (Å²) < 4.78 is 38.0. The van der Waals surface area contributed by atoms with Gasteiger partial charge in [0, 0.05) is 36.6 Å². The van der Waals surface area contributed by atoms with Gasteiger partial charge < -0.3 is 15.5 Å². The Balaban J connectivity index is 1.54. The number of likely N-dealkylation sites (tertiary alicyclic amines) is 1. The summed E-state index contributed by atoms with van der Waals surface area (Å²) in [5.41, 5.74) is 0.416. The van der Waals surface area contributed by atoms with Crippen LogP contribution in [0.3, 0.4) is 0 Å². The number of rotatable bonds is 5. The number of alkyl halides is 3. The van der Waals surface area contributed by atoms with Crippen LogP contribution in [0.5, 0.6) is 0 Å². The molecule has 1 aromatic carbocycles. The number of nitrogens with zero attached hydrogens (tertiary/aromatic N) is 2. The lowest BCUT2D eigenvalue weighted by molar-refractivity contribution is -0.137. The normalized spacial score (nSPS) is 16.7. The maximum atomic E-state index is 12.7. The highest BCUT2D eigenvalue weighted by molar-refractivity contribution is 7.13. The molecule has 1 unspecified atom stereocenters. The van der Waals surface area contributed by atoms with Crippen molar-refractivity contribution >= 4 is 23.3 Å². The van der Waals surface area contributed by atoms with Gasteiger partial charge in [0.25, 0.3) is 0 Å². The summed E-state index contributed by atoms with van der Waals surface area (Å²) in [4.78, 5) is 30.1. The Kier molecular flexibility index (Phi) is 6.41. The highest BCUT2D eigenvalue weighted by atomic mass is 32.1. The standard InChI is InChI=1S/C19H21F3N4O2S/c1-2-23-18(28)26-8-7-14(10-26)24-16(27)9-15-11-29-17(25-15)12-3-5-13(6-4-12)19(20,21)22/h3-6,11,14H,2,7-10H2,1H3,(H,23,28)(H,24,27). The van der Waals surface area contributed by atoms with Gasteiger partial charge in [-0.05, 0) is 25.5 Å². The highest BCUT2D eigenvalue weighted by Gasteiger charge is 2.30. The number of thiazole rings is 1. The Bertz CT molecular complexity index is 867. The number of hydrogen-bond acceptors (Lipinski definition) is 4. The topological polar surface area (TPSA) is 74.3 Å². The Morgan fingerprint density at radius 3 is 2.66 bits per heavy atom. The minimum Gasteiger partial charge on any atom is -0.351 e. The predicted molar refractivity (Wildman–Crippen MR) is 103 cm³/mol. The zero-order valence-electron chi connectivity index (χ0n) is 15.8. The monoisotopic (exact) mass is 426 g/mol. The zero-order valence-corrected chi connectivity index (χ0v) is 16.6. The summed E-state index contributed by atoms with van der Waals surface area (Å²) in [7, 11) is 0. The van der Waals surface area contributed by atoms with E-state index in [1.165, 1.54) is 23.5 Å². The van der Waals surface area contributed by atoms with Crippen LogP contribution >= 0.6 is 11.3 Å². The summed E-state index contributed by atoms with van der Waals surface area (Å²) in [5, 5.41) is 7.93. The number of aromatic nitrogens is 1. The van der Waals surface area contributed by atoms with Crippen molar-refractivity contribution in [2.75, 3.05) is 19.6 Å². The smallest absolute Gasteiger partial charge is 0.351 e. The Hall–Kier alpha value is -2.62. The third-order valence-corrected chi connectivity index (χ3v) is 5.46. The number of halogens is 3. The van der Waals surface area contributed by atoms with Crippen molar-refractivity contribution in [1.82, 2.24) is 20.5 Å². The fourth-order valence-corrected chi connectivity index (χ4v) is 3.92. The third kappa shape index (κ3) is 5.47. The largest absolute Gasteiger partial charge is 0.416 e. The van der Waals surface area contributed by atoms with Crippen LogP contribution in [-0.4, -0.2) is 47.5 Å². The first-order valence-corrected chi connectivity index (χ1v) is 10.1. The molecule has 1 atom stereocenters.